The molecule has 1 saturated heterocycles. The second kappa shape index (κ2) is 8.40. The minimum absolute atomic E-state index is 0.0178. The Morgan fingerprint density at radius 3 is 2.71 bits per heavy atom. The van der Waals surface area contributed by atoms with Crippen LogP contribution in [0.15, 0.2) is 39.8 Å². The lowest BCUT2D eigenvalue weighted by atomic mass is 10.2. The molecule has 2 aromatic rings. The fourth-order valence-corrected chi connectivity index (χ4v) is 5.30. The van der Waals surface area contributed by atoms with Crippen molar-refractivity contribution in [3.8, 4) is 5.75 Å². The van der Waals surface area contributed by atoms with Crippen molar-refractivity contribution < 1.29 is 27.2 Å². The average molecular weight is 469 g/mol. The molecule has 1 atom stereocenters. The van der Waals surface area contributed by atoms with Crippen molar-refractivity contribution in [1.29, 1.82) is 0 Å². The van der Waals surface area contributed by atoms with Crippen LogP contribution in [0.3, 0.4) is 0 Å². The van der Waals surface area contributed by atoms with Gasteiger partial charge in [-0.05, 0) is 25.1 Å². The van der Waals surface area contributed by atoms with Gasteiger partial charge in [0.15, 0.2) is 6.10 Å². The highest BCUT2D eigenvalue weighted by atomic mass is 35.5. The lowest BCUT2D eigenvalue weighted by Gasteiger charge is -2.34. The van der Waals surface area contributed by atoms with E-state index < -0.39 is 16.1 Å². The zero-order valence-corrected chi connectivity index (χ0v) is 18.2. The number of sulfonamides is 1. The minimum Gasteiger partial charge on any atom is -0.479 e. The molecule has 31 heavy (non-hydrogen) atoms. The summed E-state index contributed by atoms with van der Waals surface area (Å²) < 4.78 is 38.3. The van der Waals surface area contributed by atoms with E-state index in [1.807, 2.05) is 0 Å². The molecular weight excluding hydrogens is 448 g/mol. The third-order valence-corrected chi connectivity index (χ3v) is 7.47. The number of carbonyl (C=O) groups is 2. The number of rotatable bonds is 4. The number of carbonyl (C=O) groups excluding carboxylic acids is 2. The number of nitrogens with zero attached hydrogens (tertiary/aromatic N) is 2. The van der Waals surface area contributed by atoms with Crippen LogP contribution >= 0.6 is 11.6 Å². The Morgan fingerprint density at radius 2 is 2.03 bits per heavy atom. The lowest BCUT2D eigenvalue weighted by Crippen LogP contribution is -2.53. The molecule has 1 aromatic carbocycles. The van der Waals surface area contributed by atoms with E-state index in [1.165, 1.54) is 22.7 Å². The average Bonchev–Trinajstić information content (AvgIpc) is 3.26. The molecule has 166 valence electrons. The lowest BCUT2D eigenvalue weighted by molar-refractivity contribution is -0.122. The second-order valence-electron chi connectivity index (χ2n) is 7.16. The molecule has 2 N–H and O–H groups in total. The minimum atomic E-state index is -3.92. The van der Waals surface area contributed by atoms with Gasteiger partial charge < -0.3 is 24.7 Å². The Hall–Kier alpha value is -2.76. The number of ether oxygens (including phenoxy) is 1. The summed E-state index contributed by atoms with van der Waals surface area (Å²) in [7, 11) is -3.92. The number of piperazine rings is 1. The van der Waals surface area contributed by atoms with Crippen LogP contribution in [0.4, 0.5) is 10.5 Å². The monoisotopic (exact) mass is 468 g/mol. The third-order valence-electron chi connectivity index (χ3n) is 5.10. The molecule has 10 nitrogen and oxygen atoms in total. The molecule has 0 spiro atoms. The summed E-state index contributed by atoms with van der Waals surface area (Å²) in [5.41, 5.74) is 0.324. The summed E-state index contributed by atoms with van der Waals surface area (Å²) in [6.45, 7) is 2.53. The van der Waals surface area contributed by atoms with Crippen molar-refractivity contribution >= 4 is 39.2 Å². The first-order valence-corrected chi connectivity index (χ1v) is 11.4. The number of furan rings is 1. The van der Waals surface area contributed by atoms with E-state index in [4.69, 9.17) is 20.8 Å². The smallest absolute Gasteiger partial charge is 0.317 e. The molecule has 0 aliphatic carbocycles. The van der Waals surface area contributed by atoms with Gasteiger partial charge in [-0.15, -0.1) is 0 Å². The Labute approximate surface area is 184 Å². The fourth-order valence-electron chi connectivity index (χ4n) is 3.36. The van der Waals surface area contributed by atoms with E-state index in [2.05, 4.69) is 10.6 Å². The van der Waals surface area contributed by atoms with Crippen molar-refractivity contribution in [3.63, 3.8) is 0 Å². The summed E-state index contributed by atoms with van der Waals surface area (Å²) in [6.07, 6.45) is 0.781. The highest BCUT2D eigenvalue weighted by Crippen LogP contribution is 2.37. The topological polar surface area (TPSA) is 121 Å². The number of nitrogens with one attached hydrogen (secondary N) is 2. The van der Waals surface area contributed by atoms with Crippen molar-refractivity contribution in [2.75, 3.05) is 31.5 Å². The summed E-state index contributed by atoms with van der Waals surface area (Å²) in [5, 5.41) is 5.36. The van der Waals surface area contributed by atoms with Crippen LogP contribution in [0.1, 0.15) is 12.7 Å². The Bertz CT molecular complexity index is 1100. The van der Waals surface area contributed by atoms with Gasteiger partial charge in [-0.3, -0.25) is 4.79 Å². The molecule has 12 heteroatoms. The maximum atomic E-state index is 13.2. The first kappa shape index (κ1) is 21.5. The quantitative estimate of drug-likeness (QED) is 0.706. The molecule has 2 aliphatic heterocycles. The predicted molar refractivity (Wildman–Crippen MR) is 111 cm³/mol. The van der Waals surface area contributed by atoms with Gasteiger partial charge in [0, 0.05) is 32.2 Å². The van der Waals surface area contributed by atoms with E-state index in [0.29, 0.717) is 11.4 Å². The third kappa shape index (κ3) is 4.34. The molecule has 0 saturated carbocycles. The van der Waals surface area contributed by atoms with Crippen LogP contribution in [0.25, 0.3) is 0 Å². The van der Waals surface area contributed by atoms with Crippen LogP contribution in [0, 0.1) is 0 Å². The number of hydrogen-bond acceptors (Lipinski definition) is 6. The van der Waals surface area contributed by atoms with Gasteiger partial charge in [0.05, 0.1) is 23.5 Å². The Kier molecular flexibility index (Phi) is 5.82. The number of anilines is 1. The van der Waals surface area contributed by atoms with E-state index in [1.54, 1.807) is 24.0 Å². The molecule has 1 fully saturated rings. The first-order chi connectivity index (χ1) is 14.8. The van der Waals surface area contributed by atoms with Crippen molar-refractivity contribution in [1.82, 2.24) is 14.5 Å². The van der Waals surface area contributed by atoms with E-state index in [9.17, 15) is 18.0 Å². The molecule has 1 aromatic heterocycles. The number of benzene rings is 1. The fraction of sp³-hybridized carbons (Fsp3) is 0.368. The number of urea groups is 1. The second-order valence-corrected chi connectivity index (χ2v) is 9.47. The predicted octanol–water partition coefficient (Wildman–Crippen LogP) is 1.87. The summed E-state index contributed by atoms with van der Waals surface area (Å²) >= 11 is 6.22. The molecule has 0 unspecified atom stereocenters. The standard InChI is InChI=1S/C19H21ClN4O6S/c1-12-18(25)22-15-9-14(20)17(10-16(15)30-12)31(27,28)24-6-4-23(5-7-24)19(26)21-11-13-3-2-8-29-13/h2-3,8-10,12H,4-7,11H2,1H3,(H,21,26)(H,22,25)/t12-/m0/s1. The summed E-state index contributed by atoms with van der Waals surface area (Å²) in [6, 6.07) is 5.88. The van der Waals surface area contributed by atoms with Crippen LogP contribution in [-0.2, 0) is 21.4 Å². The van der Waals surface area contributed by atoms with Gasteiger partial charge in [-0.1, -0.05) is 11.6 Å². The van der Waals surface area contributed by atoms with Crippen molar-refractivity contribution in [3.05, 3.63) is 41.3 Å². The number of fused-ring (bicyclic) bond motifs is 1. The van der Waals surface area contributed by atoms with Crippen molar-refractivity contribution in [2.24, 2.45) is 0 Å². The largest absolute Gasteiger partial charge is 0.479 e. The zero-order chi connectivity index (χ0) is 22.2. The van der Waals surface area contributed by atoms with Crippen molar-refractivity contribution in [2.45, 2.75) is 24.5 Å². The molecule has 2 aliphatic rings. The molecule has 3 heterocycles. The number of hydrogen-bond donors (Lipinski definition) is 2. The van der Waals surface area contributed by atoms with E-state index >= 15 is 0 Å². The molecule has 0 radical (unpaired) electrons. The van der Waals surface area contributed by atoms with Gasteiger partial charge in [0.1, 0.15) is 16.4 Å². The zero-order valence-electron chi connectivity index (χ0n) is 16.6. The maximum absolute atomic E-state index is 13.2. The first-order valence-electron chi connectivity index (χ1n) is 9.62. The van der Waals surface area contributed by atoms with Crippen LogP contribution < -0.4 is 15.4 Å². The van der Waals surface area contributed by atoms with Gasteiger partial charge in [0.25, 0.3) is 5.91 Å². The van der Waals surface area contributed by atoms with Gasteiger partial charge in [-0.2, -0.15) is 4.31 Å². The van der Waals surface area contributed by atoms with Gasteiger partial charge >= 0.3 is 6.03 Å². The maximum Gasteiger partial charge on any atom is 0.317 e. The normalized spacial score (nSPS) is 19.4. The van der Waals surface area contributed by atoms with E-state index in [0.717, 1.165) is 0 Å². The van der Waals surface area contributed by atoms with Crippen LogP contribution in [0.2, 0.25) is 5.02 Å². The van der Waals surface area contributed by atoms with Gasteiger partial charge in [0.2, 0.25) is 10.0 Å². The highest BCUT2D eigenvalue weighted by Gasteiger charge is 2.34. The number of amides is 3. The Balaban J connectivity index is 1.43. The van der Waals surface area contributed by atoms with E-state index in [-0.39, 0.29) is 60.3 Å². The molecule has 4 rings (SSSR count). The van der Waals surface area contributed by atoms with Crippen LogP contribution in [-0.4, -0.2) is 61.8 Å². The molecule has 0 bridgehead atoms. The summed E-state index contributed by atoms with van der Waals surface area (Å²) in [5.74, 6) is 0.538. The molecular formula is C19H21ClN4O6S. The van der Waals surface area contributed by atoms with Gasteiger partial charge in [-0.25, -0.2) is 13.2 Å². The van der Waals surface area contributed by atoms with Crippen LogP contribution in [0.5, 0.6) is 5.75 Å². The molecule has 3 amide bonds. The highest BCUT2D eigenvalue weighted by molar-refractivity contribution is 7.89. The summed E-state index contributed by atoms with van der Waals surface area (Å²) in [4.78, 5) is 25.5. The SMILES string of the molecule is C[C@@H]1Oc2cc(S(=O)(=O)N3CCN(C(=O)NCc4ccco4)CC3)c(Cl)cc2NC1=O. The Morgan fingerprint density at radius 1 is 1.29 bits per heavy atom. The number of halogens is 1.